The van der Waals surface area contributed by atoms with E-state index >= 15 is 0 Å². The van der Waals surface area contributed by atoms with Gasteiger partial charge in [-0.2, -0.15) is 0 Å². The number of halogens is 1. The normalized spacial score (nSPS) is 11.4. The quantitative estimate of drug-likeness (QED) is 0.776. The second-order valence-corrected chi connectivity index (χ2v) is 4.00. The van der Waals surface area contributed by atoms with Gasteiger partial charge in [0.2, 0.25) is 0 Å². The van der Waals surface area contributed by atoms with Crippen molar-refractivity contribution >= 4 is 5.69 Å². The summed E-state index contributed by atoms with van der Waals surface area (Å²) in [6.45, 7) is 4.13. The van der Waals surface area contributed by atoms with E-state index in [1.54, 1.807) is 26.0 Å². The monoisotopic (exact) mass is 197 g/mol. The zero-order chi connectivity index (χ0) is 10.6. The highest BCUT2D eigenvalue weighted by Crippen LogP contribution is 2.11. The number of anilines is 1. The summed E-state index contributed by atoms with van der Waals surface area (Å²) in [6.07, 6.45) is 0.628. The average molecular weight is 197 g/mol. The summed E-state index contributed by atoms with van der Waals surface area (Å²) >= 11 is 0. The minimum absolute atomic E-state index is 0.252. The van der Waals surface area contributed by atoms with Gasteiger partial charge in [-0.1, -0.05) is 6.07 Å². The molecule has 1 aromatic rings. The highest BCUT2D eigenvalue weighted by Gasteiger charge is 2.10. The Morgan fingerprint density at radius 1 is 1.43 bits per heavy atom. The van der Waals surface area contributed by atoms with Gasteiger partial charge < -0.3 is 10.4 Å². The van der Waals surface area contributed by atoms with Crippen LogP contribution in [0.25, 0.3) is 0 Å². The molecule has 0 radical (unpaired) electrons. The van der Waals surface area contributed by atoms with E-state index in [9.17, 15) is 9.50 Å². The van der Waals surface area contributed by atoms with Crippen LogP contribution < -0.4 is 5.32 Å². The first-order chi connectivity index (χ1) is 6.47. The lowest BCUT2D eigenvalue weighted by Gasteiger charge is -2.17. The molecular weight excluding hydrogens is 181 g/mol. The minimum atomic E-state index is -0.680. The van der Waals surface area contributed by atoms with Crippen molar-refractivity contribution < 1.29 is 9.50 Å². The van der Waals surface area contributed by atoms with E-state index in [1.807, 2.05) is 0 Å². The Balaban J connectivity index is 2.39. The molecule has 1 rings (SSSR count). The van der Waals surface area contributed by atoms with Gasteiger partial charge in [-0.25, -0.2) is 4.39 Å². The molecule has 14 heavy (non-hydrogen) atoms. The van der Waals surface area contributed by atoms with Crippen LogP contribution in [0.3, 0.4) is 0 Å². The highest BCUT2D eigenvalue weighted by molar-refractivity contribution is 5.42. The van der Waals surface area contributed by atoms with E-state index in [-0.39, 0.29) is 5.82 Å². The van der Waals surface area contributed by atoms with Crippen LogP contribution in [0.5, 0.6) is 0 Å². The summed E-state index contributed by atoms with van der Waals surface area (Å²) in [4.78, 5) is 0. The molecule has 3 heteroatoms. The second kappa shape index (κ2) is 4.42. The summed E-state index contributed by atoms with van der Waals surface area (Å²) in [6, 6.07) is 6.29. The number of benzene rings is 1. The number of hydrogen-bond acceptors (Lipinski definition) is 2. The third-order valence-electron chi connectivity index (χ3n) is 1.89. The lowest BCUT2D eigenvalue weighted by Crippen LogP contribution is -2.22. The maximum Gasteiger partial charge on any atom is 0.125 e. The van der Waals surface area contributed by atoms with E-state index in [4.69, 9.17) is 0 Å². The van der Waals surface area contributed by atoms with Crippen LogP contribution in [0.15, 0.2) is 24.3 Å². The molecule has 0 atom stereocenters. The number of hydrogen-bond donors (Lipinski definition) is 2. The molecule has 0 saturated heterocycles. The van der Waals surface area contributed by atoms with Gasteiger partial charge >= 0.3 is 0 Å². The van der Waals surface area contributed by atoms with Crippen molar-refractivity contribution in [2.45, 2.75) is 25.9 Å². The van der Waals surface area contributed by atoms with Crippen molar-refractivity contribution in [1.82, 2.24) is 0 Å². The molecule has 78 valence electrons. The largest absolute Gasteiger partial charge is 0.390 e. The Kier molecular flexibility index (Phi) is 3.47. The molecule has 0 aliphatic carbocycles. The van der Waals surface area contributed by atoms with E-state index < -0.39 is 5.60 Å². The van der Waals surface area contributed by atoms with Crippen LogP contribution in [0.4, 0.5) is 10.1 Å². The summed E-state index contributed by atoms with van der Waals surface area (Å²) in [5, 5.41) is 12.5. The lowest BCUT2D eigenvalue weighted by molar-refractivity contribution is 0.0749. The second-order valence-electron chi connectivity index (χ2n) is 4.00. The van der Waals surface area contributed by atoms with Gasteiger partial charge in [0.1, 0.15) is 5.82 Å². The Morgan fingerprint density at radius 3 is 2.71 bits per heavy atom. The van der Waals surface area contributed by atoms with Gasteiger partial charge in [0.25, 0.3) is 0 Å². The van der Waals surface area contributed by atoms with Gasteiger partial charge in [-0.05, 0) is 38.5 Å². The molecule has 2 nitrogen and oxygen atoms in total. The lowest BCUT2D eigenvalue weighted by atomic mass is 10.1. The van der Waals surface area contributed by atoms with Crippen molar-refractivity contribution in [1.29, 1.82) is 0 Å². The first-order valence-electron chi connectivity index (χ1n) is 4.69. The number of aliphatic hydroxyl groups is 1. The van der Waals surface area contributed by atoms with Crippen LogP contribution in [-0.4, -0.2) is 17.3 Å². The zero-order valence-corrected chi connectivity index (χ0v) is 8.55. The van der Waals surface area contributed by atoms with E-state index in [2.05, 4.69) is 5.32 Å². The van der Waals surface area contributed by atoms with Crippen LogP contribution in [-0.2, 0) is 0 Å². The first-order valence-corrected chi connectivity index (χ1v) is 4.69. The molecule has 0 bridgehead atoms. The Morgan fingerprint density at radius 2 is 2.14 bits per heavy atom. The van der Waals surface area contributed by atoms with Crippen LogP contribution in [0, 0.1) is 5.82 Å². The molecule has 0 fully saturated rings. The summed E-state index contributed by atoms with van der Waals surface area (Å²) in [7, 11) is 0. The molecule has 0 heterocycles. The standard InChI is InChI=1S/C11H16FNO/c1-11(2,14)6-7-13-10-5-3-4-9(12)8-10/h3-5,8,13-14H,6-7H2,1-2H3. The molecule has 0 unspecified atom stereocenters. The fourth-order valence-corrected chi connectivity index (χ4v) is 1.11. The van der Waals surface area contributed by atoms with E-state index in [0.29, 0.717) is 13.0 Å². The molecule has 2 N–H and O–H groups in total. The van der Waals surface area contributed by atoms with Gasteiger partial charge in [0.05, 0.1) is 5.60 Å². The van der Waals surface area contributed by atoms with Crippen molar-refractivity contribution in [3.05, 3.63) is 30.1 Å². The average Bonchev–Trinajstić information content (AvgIpc) is 2.01. The molecule has 1 aromatic carbocycles. The van der Waals surface area contributed by atoms with E-state index in [0.717, 1.165) is 5.69 Å². The molecule has 0 amide bonds. The Bertz CT molecular complexity index is 294. The van der Waals surface area contributed by atoms with Gasteiger partial charge in [0, 0.05) is 12.2 Å². The third kappa shape index (κ3) is 4.23. The molecule has 0 spiro atoms. The fraction of sp³-hybridized carbons (Fsp3) is 0.455. The number of rotatable bonds is 4. The van der Waals surface area contributed by atoms with Crippen molar-refractivity contribution in [3.63, 3.8) is 0 Å². The minimum Gasteiger partial charge on any atom is -0.390 e. The summed E-state index contributed by atoms with van der Waals surface area (Å²) in [5.41, 5.74) is 0.0644. The Hall–Kier alpha value is -1.09. The SMILES string of the molecule is CC(C)(O)CCNc1cccc(F)c1. The predicted octanol–water partition coefficient (Wildman–Crippen LogP) is 2.40. The third-order valence-corrected chi connectivity index (χ3v) is 1.89. The smallest absolute Gasteiger partial charge is 0.125 e. The van der Waals surface area contributed by atoms with E-state index in [1.165, 1.54) is 12.1 Å². The van der Waals surface area contributed by atoms with Crippen LogP contribution >= 0.6 is 0 Å². The van der Waals surface area contributed by atoms with Gasteiger partial charge in [0.15, 0.2) is 0 Å². The molecular formula is C11H16FNO. The maximum absolute atomic E-state index is 12.7. The van der Waals surface area contributed by atoms with Crippen molar-refractivity contribution in [2.75, 3.05) is 11.9 Å². The maximum atomic E-state index is 12.7. The molecule has 0 aromatic heterocycles. The Labute approximate surface area is 83.8 Å². The molecule has 0 saturated carbocycles. The zero-order valence-electron chi connectivity index (χ0n) is 8.55. The molecule has 0 aliphatic rings. The predicted molar refractivity (Wildman–Crippen MR) is 55.8 cm³/mol. The van der Waals surface area contributed by atoms with Gasteiger partial charge in [-0.3, -0.25) is 0 Å². The topological polar surface area (TPSA) is 32.3 Å². The van der Waals surface area contributed by atoms with Gasteiger partial charge in [-0.15, -0.1) is 0 Å². The summed E-state index contributed by atoms with van der Waals surface area (Å²) in [5.74, 6) is -0.252. The fourth-order valence-electron chi connectivity index (χ4n) is 1.11. The summed E-state index contributed by atoms with van der Waals surface area (Å²) < 4.78 is 12.7. The first kappa shape index (κ1) is 11.0. The highest BCUT2D eigenvalue weighted by atomic mass is 19.1. The van der Waals surface area contributed by atoms with Crippen LogP contribution in [0.1, 0.15) is 20.3 Å². The van der Waals surface area contributed by atoms with Crippen molar-refractivity contribution in [3.8, 4) is 0 Å². The molecule has 0 aliphatic heterocycles. The van der Waals surface area contributed by atoms with Crippen LogP contribution in [0.2, 0.25) is 0 Å². The van der Waals surface area contributed by atoms with Crippen molar-refractivity contribution in [2.24, 2.45) is 0 Å². The number of nitrogens with one attached hydrogen (secondary N) is 1.